The van der Waals surface area contributed by atoms with Crippen LogP contribution in [0.5, 0.6) is 0 Å². The van der Waals surface area contributed by atoms with E-state index in [9.17, 15) is 14.9 Å². The Morgan fingerprint density at radius 3 is 2.67 bits per heavy atom. The zero-order chi connectivity index (χ0) is 14.8. The number of pyridine rings is 1. The number of nitrogens with zero attached hydrogens (tertiary/aromatic N) is 4. The second kappa shape index (κ2) is 5.25. The Hall–Kier alpha value is -2.87. The van der Waals surface area contributed by atoms with Crippen LogP contribution in [0.15, 0.2) is 53.6 Å². The minimum atomic E-state index is -0.710. The summed E-state index contributed by atoms with van der Waals surface area (Å²) in [6.45, 7) is 0. The van der Waals surface area contributed by atoms with Gasteiger partial charge in [-0.15, -0.1) is 0 Å². The van der Waals surface area contributed by atoms with Crippen LogP contribution in [0.25, 0.3) is 16.5 Å². The van der Waals surface area contributed by atoms with Gasteiger partial charge in [-0.05, 0) is 0 Å². The predicted molar refractivity (Wildman–Crippen MR) is 77.6 cm³/mol. The Labute approximate surface area is 122 Å². The van der Waals surface area contributed by atoms with E-state index in [0.29, 0.717) is 11.0 Å². The van der Waals surface area contributed by atoms with Crippen molar-refractivity contribution in [1.82, 2.24) is 13.9 Å². The molecule has 2 heterocycles. The molecular formula is C13H8N4O3S. The van der Waals surface area contributed by atoms with Gasteiger partial charge in [-0.3, -0.25) is 19.5 Å². The van der Waals surface area contributed by atoms with Crippen LogP contribution in [-0.4, -0.2) is 18.8 Å². The Morgan fingerprint density at radius 2 is 1.95 bits per heavy atom. The maximum Gasteiger partial charge on any atom is 0.332 e. The number of hydrogen-bond donors (Lipinski definition) is 0. The van der Waals surface area contributed by atoms with E-state index in [1.54, 1.807) is 0 Å². The predicted octanol–water partition coefficient (Wildman–Crippen LogP) is 2.26. The maximum atomic E-state index is 11.4. The highest BCUT2D eigenvalue weighted by atomic mass is 32.1. The number of nitro groups is 1. The molecule has 2 aromatic heterocycles. The first-order valence-electron chi connectivity index (χ1n) is 5.91. The van der Waals surface area contributed by atoms with E-state index in [1.165, 1.54) is 10.8 Å². The minimum absolute atomic E-state index is 0.456. The van der Waals surface area contributed by atoms with Gasteiger partial charge in [-0.25, -0.2) is 0 Å². The molecule has 0 radical (unpaired) electrons. The summed E-state index contributed by atoms with van der Waals surface area (Å²) in [5, 5.41) is 11.2. The molecule has 0 aliphatic carbocycles. The molecule has 8 heteroatoms. The van der Waals surface area contributed by atoms with Crippen LogP contribution in [0.2, 0.25) is 0 Å². The van der Waals surface area contributed by atoms with Gasteiger partial charge in [-0.1, -0.05) is 30.3 Å². The molecule has 1 aromatic carbocycles. The van der Waals surface area contributed by atoms with Gasteiger partial charge in [0.05, 0.1) is 11.1 Å². The SMILES string of the molecule is O=c1ccn(-c2nc(-c3ccccc3)ns2)cc1[N+](=O)[O-]. The highest BCUT2D eigenvalue weighted by Gasteiger charge is 2.14. The summed E-state index contributed by atoms with van der Waals surface area (Å²) in [5.41, 5.74) is -0.270. The Morgan fingerprint density at radius 1 is 1.19 bits per heavy atom. The Balaban J connectivity index is 2.03. The average molecular weight is 300 g/mol. The van der Waals surface area contributed by atoms with Crippen LogP contribution in [0.4, 0.5) is 5.69 Å². The van der Waals surface area contributed by atoms with Gasteiger partial charge in [0, 0.05) is 29.4 Å². The van der Waals surface area contributed by atoms with Gasteiger partial charge in [0.2, 0.25) is 5.13 Å². The molecule has 0 amide bonds. The Kier molecular flexibility index (Phi) is 3.28. The highest BCUT2D eigenvalue weighted by Crippen LogP contribution is 2.20. The lowest BCUT2D eigenvalue weighted by molar-refractivity contribution is -0.386. The molecule has 3 rings (SSSR count). The molecule has 0 spiro atoms. The molecule has 0 unspecified atom stereocenters. The topological polar surface area (TPSA) is 90.9 Å². The average Bonchev–Trinajstić information content (AvgIpc) is 2.98. The van der Waals surface area contributed by atoms with E-state index >= 15 is 0 Å². The quantitative estimate of drug-likeness (QED) is 0.546. The van der Waals surface area contributed by atoms with E-state index in [-0.39, 0.29) is 0 Å². The van der Waals surface area contributed by atoms with Crippen molar-refractivity contribution in [3.05, 3.63) is 69.1 Å². The van der Waals surface area contributed by atoms with Crippen molar-refractivity contribution in [3.63, 3.8) is 0 Å². The second-order valence-corrected chi connectivity index (χ2v) is 4.86. The molecule has 0 fully saturated rings. The van der Waals surface area contributed by atoms with E-state index in [4.69, 9.17) is 0 Å². The summed E-state index contributed by atoms with van der Waals surface area (Å²) >= 11 is 1.10. The fourth-order valence-electron chi connectivity index (χ4n) is 1.75. The van der Waals surface area contributed by atoms with E-state index in [1.807, 2.05) is 30.3 Å². The van der Waals surface area contributed by atoms with Crippen LogP contribution < -0.4 is 5.43 Å². The molecule has 3 aromatic rings. The smallest absolute Gasteiger partial charge is 0.292 e. The zero-order valence-electron chi connectivity index (χ0n) is 10.5. The van der Waals surface area contributed by atoms with Gasteiger partial charge in [0.25, 0.3) is 5.43 Å². The van der Waals surface area contributed by atoms with E-state index in [0.717, 1.165) is 29.4 Å². The molecule has 21 heavy (non-hydrogen) atoms. The Bertz CT molecular complexity index is 857. The monoisotopic (exact) mass is 300 g/mol. The summed E-state index contributed by atoms with van der Waals surface area (Å²) in [6.07, 6.45) is 2.59. The largest absolute Gasteiger partial charge is 0.332 e. The lowest BCUT2D eigenvalue weighted by atomic mass is 10.2. The first-order chi connectivity index (χ1) is 10.1. The van der Waals surface area contributed by atoms with Crippen molar-refractivity contribution < 1.29 is 4.92 Å². The zero-order valence-corrected chi connectivity index (χ0v) is 11.4. The molecule has 0 aliphatic heterocycles. The van der Waals surface area contributed by atoms with Crippen molar-refractivity contribution >= 4 is 17.2 Å². The summed E-state index contributed by atoms with van der Waals surface area (Å²) in [5.74, 6) is 0.539. The standard InChI is InChI=1S/C13H8N4O3S/c18-11-6-7-16(8-10(11)17(19)20)13-14-12(15-21-13)9-4-2-1-3-5-9/h1-8H. The number of aromatic nitrogens is 3. The first kappa shape index (κ1) is 13.1. The molecule has 104 valence electrons. The molecule has 0 N–H and O–H groups in total. The maximum absolute atomic E-state index is 11.4. The van der Waals surface area contributed by atoms with Crippen LogP contribution >= 0.6 is 11.5 Å². The van der Waals surface area contributed by atoms with Gasteiger partial charge < -0.3 is 0 Å². The minimum Gasteiger partial charge on any atom is -0.292 e. The van der Waals surface area contributed by atoms with Crippen LogP contribution in [0.1, 0.15) is 0 Å². The van der Waals surface area contributed by atoms with Gasteiger partial charge in [0.15, 0.2) is 5.82 Å². The molecule has 7 nitrogen and oxygen atoms in total. The molecular weight excluding hydrogens is 292 g/mol. The van der Waals surface area contributed by atoms with Crippen LogP contribution in [0.3, 0.4) is 0 Å². The fourth-order valence-corrected chi connectivity index (χ4v) is 2.40. The summed E-state index contributed by atoms with van der Waals surface area (Å²) in [6, 6.07) is 10.5. The number of rotatable bonds is 3. The summed E-state index contributed by atoms with van der Waals surface area (Å²) < 4.78 is 5.64. The summed E-state index contributed by atoms with van der Waals surface area (Å²) in [4.78, 5) is 25.8. The van der Waals surface area contributed by atoms with E-state index in [2.05, 4.69) is 9.36 Å². The van der Waals surface area contributed by atoms with Crippen LogP contribution in [0, 0.1) is 10.1 Å². The fraction of sp³-hybridized carbons (Fsp3) is 0. The summed E-state index contributed by atoms with van der Waals surface area (Å²) in [7, 11) is 0. The third-order valence-electron chi connectivity index (χ3n) is 2.77. The molecule has 0 atom stereocenters. The third-order valence-corrected chi connectivity index (χ3v) is 3.49. The van der Waals surface area contributed by atoms with Crippen molar-refractivity contribution in [3.8, 4) is 16.5 Å². The van der Waals surface area contributed by atoms with Gasteiger partial charge in [0.1, 0.15) is 0 Å². The van der Waals surface area contributed by atoms with Gasteiger partial charge in [-0.2, -0.15) is 9.36 Å². The molecule has 0 aliphatic rings. The number of hydrogen-bond acceptors (Lipinski definition) is 6. The molecule has 0 saturated carbocycles. The first-order valence-corrected chi connectivity index (χ1v) is 6.69. The lowest BCUT2D eigenvalue weighted by Gasteiger charge is -1.99. The van der Waals surface area contributed by atoms with Crippen molar-refractivity contribution in [2.75, 3.05) is 0 Å². The normalized spacial score (nSPS) is 10.5. The second-order valence-electron chi connectivity index (χ2n) is 4.13. The van der Waals surface area contributed by atoms with E-state index < -0.39 is 16.0 Å². The van der Waals surface area contributed by atoms with Gasteiger partial charge >= 0.3 is 5.69 Å². The third kappa shape index (κ3) is 2.56. The van der Waals surface area contributed by atoms with Crippen molar-refractivity contribution in [2.45, 2.75) is 0 Å². The van der Waals surface area contributed by atoms with Crippen molar-refractivity contribution in [2.24, 2.45) is 0 Å². The number of benzene rings is 1. The lowest BCUT2D eigenvalue weighted by Crippen LogP contribution is -2.09. The van der Waals surface area contributed by atoms with Crippen LogP contribution in [-0.2, 0) is 0 Å². The van der Waals surface area contributed by atoms with Crippen molar-refractivity contribution in [1.29, 1.82) is 0 Å². The highest BCUT2D eigenvalue weighted by molar-refractivity contribution is 7.08. The molecule has 0 saturated heterocycles. The molecule has 0 bridgehead atoms.